The number of aliphatic hydroxyl groups excluding tert-OH is 1. The van der Waals surface area contributed by atoms with Crippen LogP contribution in [0.3, 0.4) is 0 Å². The molecule has 1 aromatic heterocycles. The Labute approximate surface area is 101 Å². The quantitative estimate of drug-likeness (QED) is 0.880. The number of aromatic nitrogens is 2. The highest BCUT2D eigenvalue weighted by Crippen LogP contribution is 2.38. The molecular formula is C14H18N2O. The molecule has 0 saturated heterocycles. The average Bonchev–Trinajstić information content (AvgIpc) is 3.10. The Kier molecular flexibility index (Phi) is 2.44. The molecule has 1 aromatic carbocycles. The van der Waals surface area contributed by atoms with Gasteiger partial charge in [-0.3, -0.25) is 0 Å². The van der Waals surface area contributed by atoms with Gasteiger partial charge in [0.15, 0.2) is 0 Å². The molecule has 1 unspecified atom stereocenters. The monoisotopic (exact) mass is 230 g/mol. The molecule has 17 heavy (non-hydrogen) atoms. The summed E-state index contributed by atoms with van der Waals surface area (Å²) in [5.74, 6) is 1.29. The highest BCUT2D eigenvalue weighted by Gasteiger charge is 2.26. The van der Waals surface area contributed by atoms with Crippen LogP contribution in [0.25, 0.3) is 11.0 Å². The van der Waals surface area contributed by atoms with E-state index in [0.717, 1.165) is 11.3 Å². The molecule has 1 saturated carbocycles. The third-order valence-electron chi connectivity index (χ3n) is 3.64. The van der Waals surface area contributed by atoms with Crippen LogP contribution in [0, 0.1) is 6.92 Å². The molecule has 1 N–H and O–H groups in total. The van der Waals surface area contributed by atoms with Crippen LogP contribution in [0.4, 0.5) is 0 Å². The fraction of sp³-hybridized carbons (Fsp3) is 0.500. The zero-order valence-electron chi connectivity index (χ0n) is 10.3. The fourth-order valence-corrected chi connectivity index (χ4v) is 2.44. The lowest BCUT2D eigenvalue weighted by atomic mass is 10.0. The van der Waals surface area contributed by atoms with Crippen molar-refractivity contribution in [1.29, 1.82) is 0 Å². The smallest absolute Gasteiger partial charge is 0.106 e. The van der Waals surface area contributed by atoms with Gasteiger partial charge in [-0.25, -0.2) is 4.98 Å². The summed E-state index contributed by atoms with van der Waals surface area (Å²) in [7, 11) is 0. The van der Waals surface area contributed by atoms with E-state index in [2.05, 4.69) is 34.7 Å². The summed E-state index contributed by atoms with van der Waals surface area (Å²) in [4.78, 5) is 4.63. The first kappa shape index (κ1) is 10.8. The molecule has 1 aliphatic carbocycles. The number of aryl methyl sites for hydroxylation is 1. The Bertz CT molecular complexity index is 555. The molecule has 0 radical (unpaired) electrons. The Morgan fingerprint density at radius 1 is 1.47 bits per heavy atom. The first-order valence-electron chi connectivity index (χ1n) is 6.30. The van der Waals surface area contributed by atoms with E-state index in [1.807, 2.05) is 6.92 Å². The Balaban J connectivity index is 2.12. The second kappa shape index (κ2) is 3.84. The van der Waals surface area contributed by atoms with E-state index >= 15 is 0 Å². The van der Waals surface area contributed by atoms with Gasteiger partial charge in [0.2, 0.25) is 0 Å². The molecule has 3 nitrogen and oxygen atoms in total. The summed E-state index contributed by atoms with van der Waals surface area (Å²) in [6, 6.07) is 7.04. The second-order valence-electron chi connectivity index (χ2n) is 5.09. The van der Waals surface area contributed by atoms with Gasteiger partial charge in [0.1, 0.15) is 5.82 Å². The summed E-state index contributed by atoms with van der Waals surface area (Å²) >= 11 is 0. The highest BCUT2D eigenvalue weighted by atomic mass is 16.3. The van der Waals surface area contributed by atoms with Gasteiger partial charge in [-0.15, -0.1) is 0 Å². The molecule has 2 aromatic rings. The van der Waals surface area contributed by atoms with E-state index in [1.54, 1.807) is 0 Å². The van der Waals surface area contributed by atoms with Crippen LogP contribution in [0.2, 0.25) is 0 Å². The van der Waals surface area contributed by atoms with Gasteiger partial charge in [0.05, 0.1) is 11.0 Å². The summed E-state index contributed by atoms with van der Waals surface area (Å²) in [6.07, 6.45) is 2.56. The molecule has 1 atom stereocenters. The topological polar surface area (TPSA) is 38.1 Å². The van der Waals surface area contributed by atoms with Gasteiger partial charge in [-0.2, -0.15) is 0 Å². The summed E-state index contributed by atoms with van der Waals surface area (Å²) < 4.78 is 2.35. The molecule has 0 bridgehead atoms. The lowest BCUT2D eigenvalue weighted by molar-refractivity contribution is 0.273. The van der Waals surface area contributed by atoms with Crippen molar-refractivity contribution < 1.29 is 5.11 Å². The normalized spacial score (nSPS) is 17.6. The van der Waals surface area contributed by atoms with E-state index in [9.17, 15) is 5.11 Å². The van der Waals surface area contributed by atoms with Crippen LogP contribution in [-0.2, 0) is 0 Å². The maximum Gasteiger partial charge on any atom is 0.106 e. The van der Waals surface area contributed by atoms with Crippen LogP contribution in [0.1, 0.15) is 43.1 Å². The molecule has 3 rings (SSSR count). The zero-order valence-corrected chi connectivity index (χ0v) is 10.3. The van der Waals surface area contributed by atoms with Crippen LogP contribution < -0.4 is 0 Å². The number of fused-ring (bicyclic) bond motifs is 1. The first-order valence-corrected chi connectivity index (χ1v) is 6.30. The lowest BCUT2D eigenvalue weighted by Gasteiger charge is -2.08. The third kappa shape index (κ3) is 1.75. The van der Waals surface area contributed by atoms with Crippen molar-refractivity contribution in [2.24, 2.45) is 0 Å². The van der Waals surface area contributed by atoms with Gasteiger partial charge in [-0.05, 0) is 37.5 Å². The van der Waals surface area contributed by atoms with E-state index < -0.39 is 0 Å². The molecular weight excluding hydrogens is 212 g/mol. The predicted octanol–water partition coefficient (Wildman–Crippen LogP) is 2.78. The molecule has 1 heterocycles. The molecule has 1 fully saturated rings. The van der Waals surface area contributed by atoms with Crippen molar-refractivity contribution in [1.82, 2.24) is 9.55 Å². The molecule has 0 aliphatic heterocycles. The fourth-order valence-electron chi connectivity index (χ4n) is 2.44. The van der Waals surface area contributed by atoms with Crippen LogP contribution in [0.5, 0.6) is 0 Å². The predicted molar refractivity (Wildman–Crippen MR) is 68.2 cm³/mol. The number of hydrogen-bond acceptors (Lipinski definition) is 2. The Hall–Kier alpha value is -1.35. The minimum atomic E-state index is 0.186. The van der Waals surface area contributed by atoms with Crippen molar-refractivity contribution in [3.05, 3.63) is 29.6 Å². The summed E-state index contributed by atoms with van der Waals surface area (Å²) in [5.41, 5.74) is 3.46. The van der Waals surface area contributed by atoms with Crippen molar-refractivity contribution in [2.75, 3.05) is 6.61 Å². The van der Waals surface area contributed by atoms with Crippen LogP contribution in [-0.4, -0.2) is 21.3 Å². The molecule has 3 heteroatoms. The second-order valence-corrected chi connectivity index (χ2v) is 5.09. The number of imidazole rings is 1. The molecule has 1 aliphatic rings. The van der Waals surface area contributed by atoms with E-state index in [4.69, 9.17) is 0 Å². The number of benzene rings is 1. The van der Waals surface area contributed by atoms with Gasteiger partial charge in [0.25, 0.3) is 0 Å². The average molecular weight is 230 g/mol. The van der Waals surface area contributed by atoms with E-state index in [0.29, 0.717) is 6.04 Å². The standard InChI is InChI=1S/C14H18N2O/c1-9(8-17)11-3-6-14-13(7-11)15-10(2)16(14)12-4-5-12/h3,6-7,9,12,17H,4-5,8H2,1-2H3. The maximum absolute atomic E-state index is 9.19. The number of rotatable bonds is 3. The van der Waals surface area contributed by atoms with Crippen LogP contribution >= 0.6 is 0 Å². The summed E-state index contributed by atoms with van der Waals surface area (Å²) in [5, 5.41) is 9.19. The van der Waals surface area contributed by atoms with Crippen molar-refractivity contribution >= 4 is 11.0 Å². The third-order valence-corrected chi connectivity index (χ3v) is 3.64. The molecule has 90 valence electrons. The SMILES string of the molecule is Cc1nc2cc(C(C)CO)ccc2n1C1CC1. The molecule has 0 amide bonds. The van der Waals surface area contributed by atoms with E-state index in [1.165, 1.54) is 23.9 Å². The largest absolute Gasteiger partial charge is 0.396 e. The Morgan fingerprint density at radius 2 is 2.24 bits per heavy atom. The minimum Gasteiger partial charge on any atom is -0.396 e. The van der Waals surface area contributed by atoms with E-state index in [-0.39, 0.29) is 12.5 Å². The van der Waals surface area contributed by atoms with Gasteiger partial charge >= 0.3 is 0 Å². The van der Waals surface area contributed by atoms with Crippen LogP contribution in [0.15, 0.2) is 18.2 Å². The van der Waals surface area contributed by atoms with Gasteiger partial charge < -0.3 is 9.67 Å². The number of hydrogen-bond donors (Lipinski definition) is 1. The maximum atomic E-state index is 9.19. The number of aliphatic hydroxyl groups is 1. The van der Waals surface area contributed by atoms with Crippen molar-refractivity contribution in [3.63, 3.8) is 0 Å². The van der Waals surface area contributed by atoms with Gasteiger partial charge in [-0.1, -0.05) is 13.0 Å². The van der Waals surface area contributed by atoms with Crippen molar-refractivity contribution in [2.45, 2.75) is 38.6 Å². The highest BCUT2D eigenvalue weighted by molar-refractivity contribution is 5.77. The Morgan fingerprint density at radius 3 is 2.88 bits per heavy atom. The van der Waals surface area contributed by atoms with Crippen molar-refractivity contribution in [3.8, 4) is 0 Å². The first-order chi connectivity index (χ1) is 8.20. The lowest BCUT2D eigenvalue weighted by Crippen LogP contribution is -1.99. The zero-order chi connectivity index (χ0) is 12.0. The summed E-state index contributed by atoms with van der Waals surface area (Å²) in [6.45, 7) is 4.30. The van der Waals surface area contributed by atoms with Gasteiger partial charge in [0, 0.05) is 18.6 Å². The minimum absolute atomic E-state index is 0.186. The number of nitrogens with zero attached hydrogens (tertiary/aromatic N) is 2. The molecule has 0 spiro atoms.